The number of nitrogens with zero attached hydrogens (tertiary/aromatic N) is 1. The molecule has 0 aliphatic carbocycles. The second kappa shape index (κ2) is 7.40. The molecule has 126 valence electrons. The number of pyridine rings is 1. The number of carbonyl (C=O) groups is 1. The summed E-state index contributed by atoms with van der Waals surface area (Å²) in [4.78, 5) is 16.9. The highest BCUT2D eigenvalue weighted by molar-refractivity contribution is 7.80. The van der Waals surface area contributed by atoms with Gasteiger partial charge in [-0.2, -0.15) is 0 Å². The van der Waals surface area contributed by atoms with E-state index in [9.17, 15) is 4.79 Å². The molecule has 2 N–H and O–H groups in total. The molecule has 4 nitrogen and oxygen atoms in total. The van der Waals surface area contributed by atoms with E-state index in [1.165, 1.54) is 5.56 Å². The molecule has 1 aromatic heterocycles. The zero-order chi connectivity index (χ0) is 17.8. The predicted molar refractivity (Wildman–Crippen MR) is 106 cm³/mol. The summed E-state index contributed by atoms with van der Waals surface area (Å²) < 4.78 is 0. The number of hydrogen-bond donors (Lipinski definition) is 2. The molecule has 0 radical (unpaired) electrons. The number of aromatic nitrogens is 1. The maximum atomic E-state index is 12.3. The van der Waals surface area contributed by atoms with Gasteiger partial charge in [0.15, 0.2) is 5.11 Å². The molecule has 0 aliphatic heterocycles. The zero-order valence-corrected chi connectivity index (χ0v) is 15.0. The molecular weight excluding hydrogens is 330 g/mol. The van der Waals surface area contributed by atoms with E-state index < -0.39 is 0 Å². The van der Waals surface area contributed by atoms with Crippen molar-refractivity contribution in [2.45, 2.75) is 20.3 Å². The Balaban J connectivity index is 1.74. The summed E-state index contributed by atoms with van der Waals surface area (Å²) in [5.74, 6) is -0.232. The molecule has 25 heavy (non-hydrogen) atoms. The molecule has 0 saturated heterocycles. The van der Waals surface area contributed by atoms with E-state index in [0.29, 0.717) is 5.56 Å². The Morgan fingerprint density at radius 2 is 1.84 bits per heavy atom. The number of anilines is 1. The van der Waals surface area contributed by atoms with E-state index in [0.717, 1.165) is 28.7 Å². The van der Waals surface area contributed by atoms with Crippen molar-refractivity contribution in [3.8, 4) is 0 Å². The third kappa shape index (κ3) is 4.00. The van der Waals surface area contributed by atoms with Crippen LogP contribution in [-0.2, 0) is 6.42 Å². The highest BCUT2D eigenvalue weighted by Crippen LogP contribution is 2.21. The predicted octanol–water partition coefficient (Wildman–Crippen LogP) is 4.23. The van der Waals surface area contributed by atoms with Gasteiger partial charge in [-0.1, -0.05) is 37.3 Å². The average Bonchev–Trinajstić information content (AvgIpc) is 2.62. The second-order valence-electron chi connectivity index (χ2n) is 5.79. The largest absolute Gasteiger partial charge is 0.331 e. The van der Waals surface area contributed by atoms with Gasteiger partial charge in [-0.15, -0.1) is 0 Å². The number of benzene rings is 2. The molecule has 3 rings (SSSR count). The Kier molecular flexibility index (Phi) is 5.05. The lowest BCUT2D eigenvalue weighted by molar-refractivity contribution is 0.0977. The summed E-state index contributed by atoms with van der Waals surface area (Å²) in [6, 6.07) is 17.3. The van der Waals surface area contributed by atoms with Crippen molar-refractivity contribution in [3.63, 3.8) is 0 Å². The molecule has 0 spiro atoms. The summed E-state index contributed by atoms with van der Waals surface area (Å²) in [5, 5.41) is 7.05. The molecule has 0 fully saturated rings. The van der Waals surface area contributed by atoms with Crippen LogP contribution in [0.1, 0.15) is 28.5 Å². The Bertz CT molecular complexity index is 935. The van der Waals surface area contributed by atoms with Gasteiger partial charge in [0.05, 0.1) is 11.2 Å². The summed E-state index contributed by atoms with van der Waals surface area (Å²) in [7, 11) is 0. The van der Waals surface area contributed by atoms with Crippen molar-refractivity contribution in [3.05, 3.63) is 71.4 Å². The van der Waals surface area contributed by atoms with Gasteiger partial charge >= 0.3 is 0 Å². The normalized spacial score (nSPS) is 10.5. The van der Waals surface area contributed by atoms with Crippen LogP contribution in [0.3, 0.4) is 0 Å². The lowest BCUT2D eigenvalue weighted by Gasteiger charge is -2.12. The molecule has 0 bridgehead atoms. The first-order valence-corrected chi connectivity index (χ1v) is 8.55. The monoisotopic (exact) mass is 349 g/mol. The smallest absolute Gasteiger partial charge is 0.257 e. The topological polar surface area (TPSA) is 54.0 Å². The maximum absolute atomic E-state index is 12.3. The van der Waals surface area contributed by atoms with Crippen LogP contribution in [0.25, 0.3) is 10.9 Å². The zero-order valence-electron chi connectivity index (χ0n) is 14.2. The first kappa shape index (κ1) is 17.0. The van der Waals surface area contributed by atoms with Crippen LogP contribution >= 0.6 is 12.2 Å². The molecule has 2 aromatic carbocycles. The van der Waals surface area contributed by atoms with Crippen LogP contribution in [0.15, 0.2) is 54.6 Å². The highest BCUT2D eigenvalue weighted by Gasteiger charge is 2.09. The van der Waals surface area contributed by atoms with Gasteiger partial charge in [-0.25, -0.2) is 0 Å². The van der Waals surface area contributed by atoms with Crippen LogP contribution < -0.4 is 10.6 Å². The van der Waals surface area contributed by atoms with E-state index in [-0.39, 0.29) is 11.0 Å². The Hall–Kier alpha value is -2.79. The fourth-order valence-corrected chi connectivity index (χ4v) is 2.77. The number of nitrogens with one attached hydrogen (secondary N) is 2. The Labute approximate surface area is 152 Å². The third-order valence-corrected chi connectivity index (χ3v) is 4.16. The van der Waals surface area contributed by atoms with Crippen molar-refractivity contribution < 1.29 is 4.79 Å². The number of hydrogen-bond acceptors (Lipinski definition) is 3. The van der Waals surface area contributed by atoms with Gasteiger partial charge in [0.2, 0.25) is 0 Å². The fourth-order valence-electron chi connectivity index (χ4n) is 2.57. The number of carbonyl (C=O) groups excluding carboxylic acids is 1. The molecule has 0 aliphatic rings. The van der Waals surface area contributed by atoms with Crippen molar-refractivity contribution in [1.29, 1.82) is 0 Å². The minimum atomic E-state index is -0.232. The van der Waals surface area contributed by atoms with Crippen LogP contribution in [0.2, 0.25) is 0 Å². The number of thiocarbonyl (C=S) groups is 1. The Morgan fingerprint density at radius 1 is 1.08 bits per heavy atom. The van der Waals surface area contributed by atoms with Crippen LogP contribution in [-0.4, -0.2) is 16.0 Å². The first-order chi connectivity index (χ1) is 12.1. The first-order valence-electron chi connectivity index (χ1n) is 8.14. The second-order valence-corrected chi connectivity index (χ2v) is 6.20. The minimum absolute atomic E-state index is 0.232. The number of amides is 1. The van der Waals surface area contributed by atoms with Gasteiger partial charge in [0, 0.05) is 16.6 Å². The van der Waals surface area contributed by atoms with E-state index in [1.807, 2.05) is 49.4 Å². The van der Waals surface area contributed by atoms with E-state index >= 15 is 0 Å². The quantitative estimate of drug-likeness (QED) is 0.695. The van der Waals surface area contributed by atoms with Gasteiger partial charge in [-0.05, 0) is 55.4 Å². The summed E-state index contributed by atoms with van der Waals surface area (Å²) in [5.41, 5.74) is 4.29. The SMILES string of the molecule is CCc1ccc(C(=O)NC(=S)Nc2cccc3ccc(C)nc23)cc1. The molecule has 5 heteroatoms. The van der Waals surface area contributed by atoms with Crippen LogP contribution in [0, 0.1) is 6.92 Å². The number of para-hydroxylation sites is 1. The molecular formula is C20H19N3OS. The molecule has 1 amide bonds. The molecule has 0 atom stereocenters. The highest BCUT2D eigenvalue weighted by atomic mass is 32.1. The molecule has 1 heterocycles. The van der Waals surface area contributed by atoms with Crippen LogP contribution in [0.4, 0.5) is 5.69 Å². The van der Waals surface area contributed by atoms with Crippen molar-refractivity contribution in [1.82, 2.24) is 10.3 Å². The van der Waals surface area contributed by atoms with Crippen molar-refractivity contribution in [2.75, 3.05) is 5.32 Å². The summed E-state index contributed by atoms with van der Waals surface area (Å²) in [6.07, 6.45) is 0.940. The third-order valence-electron chi connectivity index (χ3n) is 3.96. The van der Waals surface area contributed by atoms with Gasteiger partial charge in [-0.3, -0.25) is 15.1 Å². The maximum Gasteiger partial charge on any atom is 0.257 e. The van der Waals surface area contributed by atoms with Gasteiger partial charge < -0.3 is 5.32 Å². The lowest BCUT2D eigenvalue weighted by atomic mass is 10.1. The van der Waals surface area contributed by atoms with E-state index in [2.05, 4.69) is 22.5 Å². The van der Waals surface area contributed by atoms with E-state index in [4.69, 9.17) is 12.2 Å². The fraction of sp³-hybridized carbons (Fsp3) is 0.150. The standard InChI is InChI=1S/C20H19N3OS/c1-3-14-8-11-16(12-9-14)19(24)23-20(25)22-17-6-4-5-15-10-7-13(2)21-18(15)17/h4-12H,3H2,1-2H3,(H2,22,23,24,25). The summed E-state index contributed by atoms with van der Waals surface area (Å²) in [6.45, 7) is 4.02. The number of aryl methyl sites for hydroxylation is 2. The molecule has 3 aromatic rings. The number of rotatable bonds is 3. The minimum Gasteiger partial charge on any atom is -0.331 e. The van der Waals surface area contributed by atoms with Crippen LogP contribution in [0.5, 0.6) is 0 Å². The average molecular weight is 349 g/mol. The lowest BCUT2D eigenvalue weighted by Crippen LogP contribution is -2.34. The molecule has 0 unspecified atom stereocenters. The Morgan fingerprint density at radius 3 is 2.56 bits per heavy atom. The van der Waals surface area contributed by atoms with Crippen molar-refractivity contribution >= 4 is 39.8 Å². The molecule has 0 saturated carbocycles. The van der Waals surface area contributed by atoms with Crippen molar-refractivity contribution in [2.24, 2.45) is 0 Å². The van der Waals surface area contributed by atoms with E-state index in [1.54, 1.807) is 12.1 Å². The summed E-state index contributed by atoms with van der Waals surface area (Å²) >= 11 is 5.29. The number of fused-ring (bicyclic) bond motifs is 1. The van der Waals surface area contributed by atoms with Gasteiger partial charge in [0.1, 0.15) is 0 Å². The van der Waals surface area contributed by atoms with Gasteiger partial charge in [0.25, 0.3) is 5.91 Å².